The topological polar surface area (TPSA) is 66.9 Å². The monoisotopic (exact) mass is 284 g/mol. The minimum atomic E-state index is -0.187. The van der Waals surface area contributed by atoms with Gasteiger partial charge < -0.3 is 10.6 Å². The zero-order valence-corrected chi connectivity index (χ0v) is 12.2. The molecule has 1 amide bonds. The molecule has 21 heavy (non-hydrogen) atoms. The Morgan fingerprint density at radius 2 is 1.71 bits per heavy atom. The molecule has 0 saturated heterocycles. The number of hydrogen-bond donors (Lipinski definition) is 2. The molecule has 110 valence electrons. The average Bonchev–Trinajstić information content (AvgIpc) is 2.54. The van der Waals surface area contributed by atoms with E-state index in [1.807, 2.05) is 24.3 Å². The summed E-state index contributed by atoms with van der Waals surface area (Å²) in [7, 11) is 0. The fourth-order valence-electron chi connectivity index (χ4n) is 1.86. The van der Waals surface area contributed by atoms with E-state index in [9.17, 15) is 4.79 Å². The van der Waals surface area contributed by atoms with Crippen molar-refractivity contribution in [2.45, 2.75) is 26.2 Å². The van der Waals surface area contributed by atoms with Crippen LogP contribution in [0.15, 0.2) is 42.5 Å². The van der Waals surface area contributed by atoms with Crippen LogP contribution in [0.2, 0.25) is 0 Å². The molecule has 2 N–H and O–H groups in total. The molecule has 5 nitrogen and oxygen atoms in total. The van der Waals surface area contributed by atoms with E-state index in [0.717, 1.165) is 18.8 Å². The van der Waals surface area contributed by atoms with Gasteiger partial charge in [0.2, 0.25) is 0 Å². The molecule has 0 bridgehead atoms. The lowest BCUT2D eigenvalue weighted by Gasteiger charge is -2.06. The van der Waals surface area contributed by atoms with Gasteiger partial charge in [-0.15, -0.1) is 10.2 Å². The molecule has 0 aliphatic heterocycles. The first-order chi connectivity index (χ1) is 10.3. The summed E-state index contributed by atoms with van der Waals surface area (Å²) in [4.78, 5) is 11.9. The van der Waals surface area contributed by atoms with E-state index in [0.29, 0.717) is 11.4 Å². The van der Waals surface area contributed by atoms with E-state index in [-0.39, 0.29) is 5.91 Å². The maximum absolute atomic E-state index is 11.9. The van der Waals surface area contributed by atoms with Gasteiger partial charge in [-0.05, 0) is 30.7 Å². The summed E-state index contributed by atoms with van der Waals surface area (Å²) >= 11 is 0. The first-order valence-electron chi connectivity index (χ1n) is 7.23. The van der Waals surface area contributed by atoms with Crippen molar-refractivity contribution in [3.8, 4) is 0 Å². The van der Waals surface area contributed by atoms with Gasteiger partial charge in [-0.2, -0.15) is 0 Å². The van der Waals surface area contributed by atoms with Crippen LogP contribution < -0.4 is 10.6 Å². The summed E-state index contributed by atoms with van der Waals surface area (Å²) in [6.45, 7) is 3.06. The highest BCUT2D eigenvalue weighted by Crippen LogP contribution is 2.08. The predicted octanol–water partition coefficient (Wildman–Crippen LogP) is 3.33. The van der Waals surface area contributed by atoms with Crippen LogP contribution in [-0.4, -0.2) is 22.6 Å². The number of carbonyl (C=O) groups is 1. The van der Waals surface area contributed by atoms with Crippen molar-refractivity contribution in [2.24, 2.45) is 0 Å². The highest BCUT2D eigenvalue weighted by molar-refractivity contribution is 6.03. The quantitative estimate of drug-likeness (QED) is 0.765. The average molecular weight is 284 g/mol. The lowest BCUT2D eigenvalue weighted by atomic mass is 10.2. The van der Waals surface area contributed by atoms with Crippen LogP contribution in [-0.2, 0) is 0 Å². The number of rotatable bonds is 7. The van der Waals surface area contributed by atoms with Crippen LogP contribution >= 0.6 is 0 Å². The Bertz CT molecular complexity index is 554. The number of benzene rings is 1. The van der Waals surface area contributed by atoms with Crippen LogP contribution in [0.3, 0.4) is 0 Å². The van der Waals surface area contributed by atoms with Crippen LogP contribution in [0.25, 0.3) is 0 Å². The molecular formula is C16H20N4O. The second-order valence-electron chi connectivity index (χ2n) is 4.76. The van der Waals surface area contributed by atoms with Gasteiger partial charge in [0.15, 0.2) is 5.82 Å². The molecule has 2 aromatic rings. The Labute approximate surface area is 124 Å². The second kappa shape index (κ2) is 7.99. The van der Waals surface area contributed by atoms with Crippen LogP contribution in [0, 0.1) is 0 Å². The molecule has 0 saturated carbocycles. The number of anilines is 2. The Hall–Kier alpha value is -2.43. The molecule has 1 heterocycles. The highest BCUT2D eigenvalue weighted by Gasteiger charge is 2.06. The number of hydrogen-bond acceptors (Lipinski definition) is 4. The van der Waals surface area contributed by atoms with Gasteiger partial charge >= 0.3 is 0 Å². The fraction of sp³-hybridized carbons (Fsp3) is 0.312. The van der Waals surface area contributed by atoms with Crippen molar-refractivity contribution in [3.63, 3.8) is 0 Å². The van der Waals surface area contributed by atoms with Crippen LogP contribution in [0.4, 0.5) is 11.6 Å². The molecule has 5 heteroatoms. The third kappa shape index (κ3) is 4.87. The highest BCUT2D eigenvalue weighted by atomic mass is 16.1. The maximum atomic E-state index is 11.9. The van der Waals surface area contributed by atoms with Gasteiger partial charge in [-0.1, -0.05) is 38.0 Å². The molecule has 0 spiro atoms. The SMILES string of the molecule is CCCCCNc1ccc(NC(=O)c2ccccc2)nn1. The van der Waals surface area contributed by atoms with Crippen molar-refractivity contribution in [2.75, 3.05) is 17.2 Å². The first kappa shape index (κ1) is 15.0. The third-order valence-corrected chi connectivity index (χ3v) is 3.03. The van der Waals surface area contributed by atoms with Gasteiger partial charge in [0, 0.05) is 12.1 Å². The minimum Gasteiger partial charge on any atom is -0.369 e. The van der Waals surface area contributed by atoms with Gasteiger partial charge in [0.05, 0.1) is 0 Å². The number of nitrogens with zero attached hydrogens (tertiary/aromatic N) is 2. The lowest BCUT2D eigenvalue weighted by Crippen LogP contribution is -2.13. The summed E-state index contributed by atoms with van der Waals surface area (Å²) in [5.41, 5.74) is 0.598. The number of amides is 1. The van der Waals surface area contributed by atoms with Gasteiger partial charge in [0.1, 0.15) is 5.82 Å². The van der Waals surface area contributed by atoms with E-state index >= 15 is 0 Å². The molecule has 2 rings (SSSR count). The summed E-state index contributed by atoms with van der Waals surface area (Å²) in [5, 5.41) is 14.0. The molecule has 0 radical (unpaired) electrons. The molecule has 0 fully saturated rings. The Morgan fingerprint density at radius 3 is 2.38 bits per heavy atom. The van der Waals surface area contributed by atoms with E-state index in [1.54, 1.807) is 18.2 Å². The molecule has 1 aromatic heterocycles. The summed E-state index contributed by atoms with van der Waals surface area (Å²) in [6, 6.07) is 12.6. The van der Waals surface area contributed by atoms with Crippen LogP contribution in [0.1, 0.15) is 36.5 Å². The van der Waals surface area contributed by atoms with Crippen LogP contribution in [0.5, 0.6) is 0 Å². The predicted molar refractivity (Wildman–Crippen MR) is 84.4 cm³/mol. The first-order valence-corrected chi connectivity index (χ1v) is 7.23. The molecule has 1 aromatic carbocycles. The molecule has 0 aliphatic rings. The number of aromatic nitrogens is 2. The van der Waals surface area contributed by atoms with Crippen molar-refractivity contribution < 1.29 is 4.79 Å². The normalized spacial score (nSPS) is 10.1. The van der Waals surface area contributed by atoms with E-state index in [4.69, 9.17) is 0 Å². The largest absolute Gasteiger partial charge is 0.369 e. The maximum Gasteiger partial charge on any atom is 0.256 e. The number of unbranched alkanes of at least 4 members (excludes halogenated alkanes) is 2. The Balaban J connectivity index is 1.86. The Kier molecular flexibility index (Phi) is 5.70. The zero-order valence-electron chi connectivity index (χ0n) is 12.2. The second-order valence-corrected chi connectivity index (χ2v) is 4.76. The zero-order chi connectivity index (χ0) is 14.9. The van der Waals surface area contributed by atoms with Crippen molar-refractivity contribution >= 4 is 17.5 Å². The summed E-state index contributed by atoms with van der Waals surface area (Å²) in [6.07, 6.45) is 3.51. The number of carbonyl (C=O) groups excluding carboxylic acids is 1. The minimum absolute atomic E-state index is 0.187. The van der Waals surface area contributed by atoms with Gasteiger partial charge in [0.25, 0.3) is 5.91 Å². The summed E-state index contributed by atoms with van der Waals surface area (Å²) in [5.74, 6) is 0.986. The lowest BCUT2D eigenvalue weighted by molar-refractivity contribution is 0.102. The van der Waals surface area contributed by atoms with Crippen molar-refractivity contribution in [1.82, 2.24) is 10.2 Å². The fourth-order valence-corrected chi connectivity index (χ4v) is 1.86. The van der Waals surface area contributed by atoms with E-state index in [2.05, 4.69) is 27.8 Å². The number of nitrogens with one attached hydrogen (secondary N) is 2. The van der Waals surface area contributed by atoms with E-state index < -0.39 is 0 Å². The molecular weight excluding hydrogens is 264 g/mol. The van der Waals surface area contributed by atoms with Crippen molar-refractivity contribution in [1.29, 1.82) is 0 Å². The molecule has 0 unspecified atom stereocenters. The smallest absolute Gasteiger partial charge is 0.256 e. The molecule has 0 aliphatic carbocycles. The molecule has 0 atom stereocenters. The van der Waals surface area contributed by atoms with Gasteiger partial charge in [-0.3, -0.25) is 4.79 Å². The third-order valence-electron chi connectivity index (χ3n) is 3.03. The van der Waals surface area contributed by atoms with Crippen molar-refractivity contribution in [3.05, 3.63) is 48.0 Å². The summed E-state index contributed by atoms with van der Waals surface area (Å²) < 4.78 is 0. The standard InChI is InChI=1S/C16H20N4O/c1-2-3-7-12-17-14-10-11-15(20-19-14)18-16(21)13-8-5-4-6-9-13/h4-6,8-11H,2-3,7,12H2,1H3,(H,17,19)(H,18,20,21). The van der Waals surface area contributed by atoms with Gasteiger partial charge in [-0.25, -0.2) is 0 Å². The van der Waals surface area contributed by atoms with E-state index in [1.165, 1.54) is 12.8 Å². The Morgan fingerprint density at radius 1 is 1.00 bits per heavy atom.